The van der Waals surface area contributed by atoms with Crippen molar-refractivity contribution in [3.63, 3.8) is 0 Å². The fourth-order valence-electron chi connectivity index (χ4n) is 1.63. The van der Waals surface area contributed by atoms with Gasteiger partial charge in [-0.15, -0.1) is 0 Å². The van der Waals surface area contributed by atoms with E-state index in [0.29, 0.717) is 6.42 Å². The molecule has 26 heavy (non-hydrogen) atoms. The lowest BCUT2D eigenvalue weighted by Gasteiger charge is -2.14. The number of rotatable bonds is 12. The minimum atomic E-state index is -1.28. The summed E-state index contributed by atoms with van der Waals surface area (Å²) in [5, 5.41) is 23.7. The SMILES string of the molecule is NC(N)=NCCCC(NC(=O)CC(=O)NCC(=O)NCC(=O)O)C(=O)O. The zero-order valence-electron chi connectivity index (χ0n) is 13.9. The van der Waals surface area contributed by atoms with Gasteiger partial charge in [-0.25, -0.2) is 4.79 Å². The molecule has 3 amide bonds. The monoisotopic (exact) mass is 374 g/mol. The number of aliphatic imine (C=N–C) groups is 1. The second kappa shape index (κ2) is 12.0. The smallest absolute Gasteiger partial charge is 0.326 e. The maximum Gasteiger partial charge on any atom is 0.326 e. The Balaban J connectivity index is 4.23. The van der Waals surface area contributed by atoms with Crippen molar-refractivity contribution in [2.45, 2.75) is 25.3 Å². The molecule has 0 aliphatic heterocycles. The zero-order chi connectivity index (χ0) is 20.1. The lowest BCUT2D eigenvalue weighted by molar-refractivity contribution is -0.142. The summed E-state index contributed by atoms with van der Waals surface area (Å²) < 4.78 is 0. The van der Waals surface area contributed by atoms with Crippen LogP contribution in [0, 0.1) is 0 Å². The standard InChI is InChI=1S/C13H22N6O7/c14-13(15)16-3-1-2-7(12(25)26)19-9(21)4-8(20)17-5-10(22)18-6-11(23)24/h7H,1-6H2,(H,17,20)(H,18,22)(H,19,21)(H,23,24)(H,25,26)(H4,14,15,16). The van der Waals surface area contributed by atoms with Crippen molar-refractivity contribution in [1.29, 1.82) is 0 Å². The van der Waals surface area contributed by atoms with Gasteiger partial charge in [0.25, 0.3) is 0 Å². The molecule has 13 heteroatoms. The number of hydrogen-bond donors (Lipinski definition) is 7. The Morgan fingerprint density at radius 3 is 2.08 bits per heavy atom. The molecule has 146 valence electrons. The van der Waals surface area contributed by atoms with Crippen molar-refractivity contribution in [1.82, 2.24) is 16.0 Å². The molecule has 0 spiro atoms. The van der Waals surface area contributed by atoms with Gasteiger partial charge in [-0.3, -0.25) is 24.2 Å². The molecule has 0 aromatic heterocycles. The summed E-state index contributed by atoms with van der Waals surface area (Å²) in [5.41, 5.74) is 10.3. The van der Waals surface area contributed by atoms with E-state index in [1.807, 2.05) is 5.32 Å². The molecule has 1 atom stereocenters. The first-order valence-corrected chi connectivity index (χ1v) is 7.44. The second-order valence-corrected chi connectivity index (χ2v) is 5.03. The summed E-state index contributed by atoms with van der Waals surface area (Å²) in [6, 6.07) is -1.22. The van der Waals surface area contributed by atoms with Crippen molar-refractivity contribution in [2.75, 3.05) is 19.6 Å². The summed E-state index contributed by atoms with van der Waals surface area (Å²) in [4.78, 5) is 59.4. The second-order valence-electron chi connectivity index (χ2n) is 5.03. The zero-order valence-corrected chi connectivity index (χ0v) is 13.9. The average Bonchev–Trinajstić information content (AvgIpc) is 2.53. The number of carbonyl (C=O) groups is 5. The van der Waals surface area contributed by atoms with Crippen molar-refractivity contribution < 1.29 is 34.2 Å². The van der Waals surface area contributed by atoms with Crippen molar-refractivity contribution in [3.05, 3.63) is 0 Å². The molecule has 0 aliphatic rings. The largest absolute Gasteiger partial charge is 0.480 e. The molecule has 0 rings (SSSR count). The lowest BCUT2D eigenvalue weighted by Crippen LogP contribution is -2.44. The lowest BCUT2D eigenvalue weighted by atomic mass is 10.1. The van der Waals surface area contributed by atoms with E-state index in [1.165, 1.54) is 0 Å². The number of aliphatic carboxylic acids is 2. The predicted molar refractivity (Wildman–Crippen MR) is 87.7 cm³/mol. The molecular weight excluding hydrogens is 352 g/mol. The van der Waals surface area contributed by atoms with E-state index < -0.39 is 55.2 Å². The highest BCUT2D eigenvalue weighted by atomic mass is 16.4. The van der Waals surface area contributed by atoms with Crippen LogP contribution in [0.2, 0.25) is 0 Å². The highest BCUT2D eigenvalue weighted by Gasteiger charge is 2.21. The number of carboxylic acids is 2. The topological polar surface area (TPSA) is 226 Å². The van der Waals surface area contributed by atoms with Crippen LogP contribution in [0.1, 0.15) is 19.3 Å². The van der Waals surface area contributed by atoms with Crippen LogP contribution in [0.3, 0.4) is 0 Å². The van der Waals surface area contributed by atoms with Crippen LogP contribution in [-0.4, -0.2) is 71.5 Å². The van der Waals surface area contributed by atoms with Gasteiger partial charge >= 0.3 is 11.9 Å². The Morgan fingerprint density at radius 2 is 1.54 bits per heavy atom. The molecule has 0 aromatic rings. The number of nitrogens with one attached hydrogen (secondary N) is 3. The van der Waals surface area contributed by atoms with E-state index in [1.54, 1.807) is 0 Å². The van der Waals surface area contributed by atoms with Crippen LogP contribution >= 0.6 is 0 Å². The predicted octanol–water partition coefficient (Wildman–Crippen LogP) is -3.68. The first kappa shape index (κ1) is 22.6. The summed E-state index contributed by atoms with van der Waals surface area (Å²) >= 11 is 0. The number of carbonyl (C=O) groups excluding carboxylic acids is 3. The highest BCUT2D eigenvalue weighted by Crippen LogP contribution is 1.99. The normalized spacial score (nSPS) is 10.9. The summed E-state index contributed by atoms with van der Waals surface area (Å²) in [6.07, 6.45) is -0.341. The van der Waals surface area contributed by atoms with Crippen LogP contribution in [-0.2, 0) is 24.0 Å². The van der Waals surface area contributed by atoms with E-state index in [2.05, 4.69) is 15.6 Å². The van der Waals surface area contributed by atoms with Crippen LogP contribution in [0.15, 0.2) is 4.99 Å². The van der Waals surface area contributed by atoms with Gasteiger partial charge in [0.1, 0.15) is 19.0 Å². The molecule has 0 saturated heterocycles. The van der Waals surface area contributed by atoms with Gasteiger partial charge in [0.05, 0.1) is 6.54 Å². The number of guanidine groups is 1. The Labute approximate surface area is 148 Å². The van der Waals surface area contributed by atoms with E-state index in [9.17, 15) is 24.0 Å². The van der Waals surface area contributed by atoms with Crippen LogP contribution in [0.5, 0.6) is 0 Å². The summed E-state index contributed by atoms with van der Waals surface area (Å²) in [5.74, 6) is -5.07. The van der Waals surface area contributed by atoms with Gasteiger partial charge in [-0.2, -0.15) is 0 Å². The molecular formula is C13H22N6O7. The number of carboxylic acid groups (broad SMARTS) is 2. The third kappa shape index (κ3) is 12.1. The maximum atomic E-state index is 11.7. The molecule has 0 bridgehead atoms. The van der Waals surface area contributed by atoms with E-state index in [4.69, 9.17) is 21.7 Å². The minimum Gasteiger partial charge on any atom is -0.480 e. The molecule has 1 unspecified atom stereocenters. The van der Waals surface area contributed by atoms with Crippen molar-refractivity contribution in [3.8, 4) is 0 Å². The van der Waals surface area contributed by atoms with Gasteiger partial charge < -0.3 is 37.6 Å². The van der Waals surface area contributed by atoms with E-state index in [-0.39, 0.29) is 18.9 Å². The van der Waals surface area contributed by atoms with E-state index >= 15 is 0 Å². The average molecular weight is 374 g/mol. The third-order valence-corrected chi connectivity index (χ3v) is 2.78. The van der Waals surface area contributed by atoms with Gasteiger partial charge in [0.15, 0.2) is 5.96 Å². The quantitative estimate of drug-likeness (QED) is 0.0771. The summed E-state index contributed by atoms with van der Waals surface area (Å²) in [7, 11) is 0. The molecule has 0 aliphatic carbocycles. The molecule has 9 N–H and O–H groups in total. The first-order chi connectivity index (χ1) is 12.1. The van der Waals surface area contributed by atoms with Gasteiger partial charge in [0, 0.05) is 6.54 Å². The van der Waals surface area contributed by atoms with Crippen LogP contribution < -0.4 is 27.4 Å². The van der Waals surface area contributed by atoms with Gasteiger partial charge in [-0.1, -0.05) is 0 Å². The number of amides is 3. The Bertz CT molecular complexity index is 573. The fourth-order valence-corrected chi connectivity index (χ4v) is 1.63. The molecule has 13 nitrogen and oxygen atoms in total. The van der Waals surface area contributed by atoms with E-state index in [0.717, 1.165) is 0 Å². The molecule has 0 fully saturated rings. The Morgan fingerprint density at radius 1 is 0.923 bits per heavy atom. The van der Waals surface area contributed by atoms with Crippen LogP contribution in [0.25, 0.3) is 0 Å². The highest BCUT2D eigenvalue weighted by molar-refractivity contribution is 5.99. The molecule has 0 aromatic carbocycles. The van der Waals surface area contributed by atoms with Crippen LogP contribution in [0.4, 0.5) is 0 Å². The number of nitrogens with two attached hydrogens (primary N) is 2. The Hall–Kier alpha value is -3.38. The maximum absolute atomic E-state index is 11.7. The first-order valence-electron chi connectivity index (χ1n) is 7.44. The Kier molecular flexibility index (Phi) is 10.5. The fraction of sp³-hybridized carbons (Fsp3) is 0.538. The minimum absolute atomic E-state index is 0.0526. The summed E-state index contributed by atoms with van der Waals surface area (Å²) in [6.45, 7) is -0.927. The van der Waals surface area contributed by atoms with Crippen molar-refractivity contribution in [2.24, 2.45) is 16.5 Å². The van der Waals surface area contributed by atoms with Crippen molar-refractivity contribution >= 4 is 35.6 Å². The third-order valence-electron chi connectivity index (χ3n) is 2.78. The van der Waals surface area contributed by atoms with Gasteiger partial charge in [0.2, 0.25) is 17.7 Å². The molecule has 0 saturated carbocycles. The number of nitrogens with zero attached hydrogens (tertiary/aromatic N) is 1. The number of hydrogen-bond acceptors (Lipinski definition) is 6. The molecule has 0 radical (unpaired) electrons. The molecule has 0 heterocycles. The van der Waals surface area contributed by atoms with Gasteiger partial charge in [-0.05, 0) is 12.8 Å².